The van der Waals surface area contributed by atoms with Crippen LogP contribution in [0.25, 0.3) is 0 Å². The topological polar surface area (TPSA) is 87.0 Å². The summed E-state index contributed by atoms with van der Waals surface area (Å²) in [6, 6.07) is 12.0. The number of carbonyl (C=O) groups excluding carboxylic acids is 2. The van der Waals surface area contributed by atoms with Crippen LogP contribution in [-0.2, 0) is 9.59 Å². The number of anilines is 1. The quantitative estimate of drug-likeness (QED) is 0.600. The molecule has 0 amide bonds. The number of aryl methyl sites for hydroxylation is 1. The van der Waals surface area contributed by atoms with E-state index in [1.807, 2.05) is 38.1 Å². The number of fused-ring (bicyclic) bond motifs is 1. The Labute approximate surface area is 169 Å². The molecule has 0 bridgehead atoms. The number of carboxylic acids is 1. The van der Waals surface area contributed by atoms with Crippen molar-refractivity contribution >= 4 is 35.1 Å². The van der Waals surface area contributed by atoms with Gasteiger partial charge < -0.3 is 10.0 Å². The minimum Gasteiger partial charge on any atom is -0.480 e. The summed E-state index contributed by atoms with van der Waals surface area (Å²) in [4.78, 5) is 41.5. The number of ketones is 1. The van der Waals surface area contributed by atoms with Crippen molar-refractivity contribution in [3.8, 4) is 0 Å². The number of allylic oxidation sites excluding steroid dienone is 2. The molecule has 6 heteroatoms. The molecule has 0 aromatic heterocycles. The van der Waals surface area contributed by atoms with E-state index >= 15 is 0 Å². The molecule has 0 saturated carbocycles. The molecule has 0 spiro atoms. The van der Waals surface area contributed by atoms with Gasteiger partial charge in [-0.25, -0.2) is 9.79 Å². The summed E-state index contributed by atoms with van der Waals surface area (Å²) in [5, 5.41) is 9.32. The predicted octanol–water partition coefficient (Wildman–Crippen LogP) is 3.74. The standard InChI is InChI=1S/C23H22N2O4/c1-4-25(15(3)23(28)29)17-9-10-20(14(2)11-17)24-21-12-16(13-26)22(27)19-8-6-5-7-18(19)21/h5-13,15H,4H2,1-3H3,(H,28,29)/b24-21+. The summed E-state index contributed by atoms with van der Waals surface area (Å²) in [6.45, 7) is 6.01. The SMILES string of the molecule is CCN(c1ccc(/N=C2\C=C(C=O)C(=O)c3ccccc32)c(C)c1)C(C)C(=O)O. The van der Waals surface area contributed by atoms with Crippen LogP contribution >= 0.6 is 0 Å². The van der Waals surface area contributed by atoms with Gasteiger partial charge in [0.1, 0.15) is 6.04 Å². The second-order valence-electron chi connectivity index (χ2n) is 6.86. The zero-order valence-corrected chi connectivity index (χ0v) is 16.5. The number of carboxylic acid groups (broad SMARTS) is 1. The second-order valence-corrected chi connectivity index (χ2v) is 6.86. The lowest BCUT2D eigenvalue weighted by atomic mass is 9.89. The van der Waals surface area contributed by atoms with Crippen molar-refractivity contribution < 1.29 is 19.5 Å². The molecule has 1 unspecified atom stereocenters. The van der Waals surface area contributed by atoms with Crippen molar-refractivity contribution in [1.82, 2.24) is 0 Å². The molecule has 3 rings (SSSR count). The number of hydrogen-bond acceptors (Lipinski definition) is 5. The molecule has 29 heavy (non-hydrogen) atoms. The van der Waals surface area contributed by atoms with Crippen molar-refractivity contribution in [2.75, 3.05) is 11.4 Å². The molecule has 2 aromatic carbocycles. The Bertz CT molecular complexity index is 1050. The molecule has 0 heterocycles. The minimum absolute atomic E-state index is 0.0733. The average molecular weight is 390 g/mol. The van der Waals surface area contributed by atoms with Gasteiger partial charge in [-0.3, -0.25) is 9.59 Å². The fourth-order valence-electron chi connectivity index (χ4n) is 3.42. The summed E-state index contributed by atoms with van der Waals surface area (Å²) in [6.07, 6.45) is 2.06. The molecule has 148 valence electrons. The number of carbonyl (C=O) groups is 3. The third kappa shape index (κ3) is 3.87. The van der Waals surface area contributed by atoms with Crippen LogP contribution in [-0.4, -0.2) is 41.4 Å². The number of Topliss-reactive ketones (excluding diaryl/α,β-unsaturated/α-hetero) is 1. The maximum atomic E-state index is 12.4. The summed E-state index contributed by atoms with van der Waals surface area (Å²) >= 11 is 0. The van der Waals surface area contributed by atoms with Crippen LogP contribution < -0.4 is 4.90 Å². The molecule has 1 atom stereocenters. The number of aliphatic carboxylic acids is 1. The number of rotatable bonds is 6. The average Bonchev–Trinajstić information content (AvgIpc) is 2.72. The minimum atomic E-state index is -0.885. The van der Waals surface area contributed by atoms with Crippen LogP contribution in [0, 0.1) is 6.92 Å². The molecule has 1 N–H and O–H groups in total. The molecule has 1 aliphatic rings. The van der Waals surface area contributed by atoms with Gasteiger partial charge in [-0.15, -0.1) is 0 Å². The number of benzene rings is 2. The maximum absolute atomic E-state index is 12.4. The first-order valence-corrected chi connectivity index (χ1v) is 9.37. The summed E-state index contributed by atoms with van der Waals surface area (Å²) in [7, 11) is 0. The number of aldehydes is 1. The van der Waals surface area contributed by atoms with Gasteiger partial charge in [0, 0.05) is 23.4 Å². The van der Waals surface area contributed by atoms with Gasteiger partial charge in [0.15, 0.2) is 12.1 Å². The monoisotopic (exact) mass is 390 g/mol. The zero-order chi connectivity index (χ0) is 21.1. The lowest BCUT2D eigenvalue weighted by Gasteiger charge is -2.27. The Morgan fingerprint density at radius 2 is 1.90 bits per heavy atom. The van der Waals surface area contributed by atoms with Crippen LogP contribution in [0.1, 0.15) is 35.3 Å². The van der Waals surface area contributed by atoms with Crippen molar-refractivity contribution in [2.24, 2.45) is 4.99 Å². The molecule has 0 fully saturated rings. The molecule has 0 aliphatic heterocycles. The highest BCUT2D eigenvalue weighted by atomic mass is 16.4. The van der Waals surface area contributed by atoms with Gasteiger partial charge in [-0.05, 0) is 50.6 Å². The molecular formula is C23H22N2O4. The van der Waals surface area contributed by atoms with Crippen LogP contribution in [0.15, 0.2) is 59.1 Å². The highest BCUT2D eigenvalue weighted by Gasteiger charge is 2.24. The van der Waals surface area contributed by atoms with Crippen molar-refractivity contribution in [3.05, 3.63) is 70.8 Å². The van der Waals surface area contributed by atoms with Crippen molar-refractivity contribution in [3.63, 3.8) is 0 Å². The van der Waals surface area contributed by atoms with Gasteiger partial charge >= 0.3 is 5.97 Å². The van der Waals surface area contributed by atoms with Gasteiger partial charge in [-0.2, -0.15) is 0 Å². The second kappa shape index (κ2) is 8.22. The molecule has 0 radical (unpaired) electrons. The van der Waals surface area contributed by atoms with E-state index in [1.54, 1.807) is 30.0 Å². The smallest absolute Gasteiger partial charge is 0.326 e. The van der Waals surface area contributed by atoms with Gasteiger partial charge in [0.2, 0.25) is 0 Å². The van der Waals surface area contributed by atoms with E-state index in [1.165, 1.54) is 6.08 Å². The fraction of sp³-hybridized carbons (Fsp3) is 0.217. The van der Waals surface area contributed by atoms with Crippen molar-refractivity contribution in [2.45, 2.75) is 26.8 Å². The van der Waals surface area contributed by atoms with Gasteiger partial charge in [-0.1, -0.05) is 24.3 Å². The number of hydrogen-bond donors (Lipinski definition) is 1. The van der Waals surface area contributed by atoms with Gasteiger partial charge in [0.05, 0.1) is 17.0 Å². The fourth-order valence-corrected chi connectivity index (χ4v) is 3.42. The normalized spacial score (nSPS) is 15.5. The molecule has 2 aromatic rings. The third-order valence-corrected chi connectivity index (χ3v) is 5.05. The lowest BCUT2D eigenvalue weighted by molar-refractivity contribution is -0.138. The van der Waals surface area contributed by atoms with E-state index in [4.69, 9.17) is 4.99 Å². The van der Waals surface area contributed by atoms with E-state index < -0.39 is 12.0 Å². The zero-order valence-electron chi connectivity index (χ0n) is 16.5. The molecule has 1 aliphatic carbocycles. The number of likely N-dealkylation sites (N-methyl/N-ethyl adjacent to an activating group) is 1. The summed E-state index contributed by atoms with van der Waals surface area (Å²) < 4.78 is 0. The first-order valence-electron chi connectivity index (χ1n) is 9.37. The van der Waals surface area contributed by atoms with E-state index in [0.717, 1.165) is 11.3 Å². The summed E-state index contributed by atoms with van der Waals surface area (Å²) in [5.41, 5.74) is 4.11. The van der Waals surface area contributed by atoms with Crippen LogP contribution in [0.4, 0.5) is 11.4 Å². The van der Waals surface area contributed by atoms with E-state index in [0.29, 0.717) is 35.4 Å². The molecular weight excluding hydrogens is 368 g/mol. The van der Waals surface area contributed by atoms with E-state index in [-0.39, 0.29) is 11.4 Å². The largest absolute Gasteiger partial charge is 0.480 e. The number of nitrogens with zero attached hydrogens (tertiary/aromatic N) is 2. The first-order chi connectivity index (χ1) is 13.9. The lowest BCUT2D eigenvalue weighted by Crippen LogP contribution is -2.38. The Morgan fingerprint density at radius 1 is 1.21 bits per heavy atom. The Kier molecular flexibility index (Phi) is 5.73. The van der Waals surface area contributed by atoms with Gasteiger partial charge in [0.25, 0.3) is 0 Å². The highest BCUT2D eigenvalue weighted by Crippen LogP contribution is 2.29. The Hall–Kier alpha value is -3.54. The predicted molar refractivity (Wildman–Crippen MR) is 112 cm³/mol. The van der Waals surface area contributed by atoms with E-state index in [9.17, 15) is 19.5 Å². The Balaban J connectivity index is 2.04. The molecule has 6 nitrogen and oxygen atoms in total. The highest BCUT2D eigenvalue weighted by molar-refractivity contribution is 6.32. The Morgan fingerprint density at radius 3 is 2.48 bits per heavy atom. The van der Waals surface area contributed by atoms with Crippen LogP contribution in [0.3, 0.4) is 0 Å². The maximum Gasteiger partial charge on any atom is 0.326 e. The summed E-state index contributed by atoms with van der Waals surface area (Å²) in [5.74, 6) is -1.19. The van der Waals surface area contributed by atoms with E-state index in [2.05, 4.69) is 0 Å². The van der Waals surface area contributed by atoms with Crippen LogP contribution in [0.5, 0.6) is 0 Å². The number of aliphatic imine (C=N–C) groups is 1. The van der Waals surface area contributed by atoms with Crippen LogP contribution in [0.2, 0.25) is 0 Å². The molecule has 0 saturated heterocycles. The first kappa shape index (κ1) is 20.2. The third-order valence-electron chi connectivity index (χ3n) is 5.05. The van der Waals surface area contributed by atoms with Crippen molar-refractivity contribution in [1.29, 1.82) is 0 Å².